The van der Waals surface area contributed by atoms with Crippen LogP contribution in [0.15, 0.2) is 70.7 Å². The molecule has 0 saturated heterocycles. The molecular weight excluding hydrogens is 536 g/mol. The van der Waals surface area contributed by atoms with Crippen molar-refractivity contribution in [3.05, 3.63) is 92.4 Å². The second-order valence-electron chi connectivity index (χ2n) is 7.19. The van der Waals surface area contributed by atoms with Crippen LogP contribution < -0.4 is 14.8 Å². The highest BCUT2D eigenvalue weighted by molar-refractivity contribution is 9.10. The molecule has 0 aliphatic carbocycles. The zero-order chi connectivity index (χ0) is 25.4. The van der Waals surface area contributed by atoms with E-state index in [4.69, 9.17) is 26.2 Å². The molecule has 0 aliphatic rings. The van der Waals surface area contributed by atoms with Crippen LogP contribution in [0, 0.1) is 11.3 Å². The number of hydrogen-bond acceptors (Lipinski definition) is 5. The van der Waals surface area contributed by atoms with Crippen LogP contribution in [0.5, 0.6) is 11.5 Å². The van der Waals surface area contributed by atoms with Crippen LogP contribution in [0.25, 0.3) is 6.08 Å². The summed E-state index contributed by atoms with van der Waals surface area (Å²) < 4.78 is 12.5. The smallest absolute Gasteiger partial charge is 0.335 e. The Morgan fingerprint density at radius 2 is 1.89 bits per heavy atom. The first-order chi connectivity index (χ1) is 16.8. The van der Waals surface area contributed by atoms with Crippen LogP contribution in [0.2, 0.25) is 5.02 Å². The van der Waals surface area contributed by atoms with E-state index in [1.165, 1.54) is 30.3 Å². The fraction of sp³-hybridized carbons (Fsp3) is 0.115. The van der Waals surface area contributed by atoms with Gasteiger partial charge < -0.3 is 19.9 Å². The van der Waals surface area contributed by atoms with Gasteiger partial charge in [-0.05, 0) is 66.6 Å². The number of carbonyl (C=O) groups is 2. The topological polar surface area (TPSA) is 109 Å². The first-order valence-electron chi connectivity index (χ1n) is 10.4. The Balaban J connectivity index is 1.84. The first kappa shape index (κ1) is 25.8. The molecule has 7 nitrogen and oxygen atoms in total. The van der Waals surface area contributed by atoms with Crippen LogP contribution in [0.3, 0.4) is 0 Å². The molecule has 0 fully saturated rings. The van der Waals surface area contributed by atoms with Gasteiger partial charge in [-0.2, -0.15) is 5.26 Å². The van der Waals surface area contributed by atoms with Crippen molar-refractivity contribution in [2.75, 3.05) is 11.9 Å². The number of rotatable bonds is 9. The SMILES string of the molecule is CCOc1cc(/C=C(/C#N)C(=O)Nc2cccc(C(=O)O)c2)cc(Cl)c1OCc1ccc(Br)cc1. The third-order valence-corrected chi connectivity index (χ3v) is 5.48. The van der Waals surface area contributed by atoms with Crippen molar-refractivity contribution < 1.29 is 24.2 Å². The van der Waals surface area contributed by atoms with E-state index in [-0.39, 0.29) is 28.5 Å². The van der Waals surface area contributed by atoms with Gasteiger partial charge in [0.1, 0.15) is 18.2 Å². The molecule has 1 amide bonds. The molecule has 0 aromatic heterocycles. The summed E-state index contributed by atoms with van der Waals surface area (Å²) in [6, 6.07) is 18.4. The summed E-state index contributed by atoms with van der Waals surface area (Å²) in [7, 11) is 0. The zero-order valence-corrected chi connectivity index (χ0v) is 20.9. The lowest BCUT2D eigenvalue weighted by atomic mass is 10.1. The average Bonchev–Trinajstić information content (AvgIpc) is 2.83. The molecule has 0 unspecified atom stereocenters. The maximum absolute atomic E-state index is 12.6. The minimum atomic E-state index is -1.13. The van der Waals surface area contributed by atoms with Gasteiger partial charge in [-0.3, -0.25) is 4.79 Å². The fourth-order valence-corrected chi connectivity index (χ4v) is 3.59. The van der Waals surface area contributed by atoms with E-state index >= 15 is 0 Å². The summed E-state index contributed by atoms with van der Waals surface area (Å²) in [5, 5.41) is 21.4. The monoisotopic (exact) mass is 554 g/mol. The molecule has 3 aromatic carbocycles. The number of benzene rings is 3. The van der Waals surface area contributed by atoms with E-state index in [2.05, 4.69) is 21.2 Å². The number of hydrogen-bond donors (Lipinski definition) is 2. The number of halogens is 2. The Morgan fingerprint density at radius 3 is 2.54 bits per heavy atom. The van der Waals surface area contributed by atoms with E-state index in [1.54, 1.807) is 12.1 Å². The van der Waals surface area contributed by atoms with Gasteiger partial charge in [0.25, 0.3) is 5.91 Å². The van der Waals surface area contributed by atoms with Crippen molar-refractivity contribution in [3.63, 3.8) is 0 Å². The van der Waals surface area contributed by atoms with E-state index in [9.17, 15) is 14.9 Å². The number of aromatic carboxylic acids is 1. The van der Waals surface area contributed by atoms with Crippen molar-refractivity contribution >= 4 is 51.2 Å². The summed E-state index contributed by atoms with van der Waals surface area (Å²) in [5.41, 5.74) is 1.46. The number of nitrogens with one attached hydrogen (secondary N) is 1. The molecule has 0 spiro atoms. The number of amides is 1. The standard InChI is InChI=1S/C26H20BrClN2O5/c1-2-34-23-12-17(11-22(28)24(23)35-15-16-6-8-20(27)9-7-16)10-19(14-29)25(31)30-21-5-3-4-18(13-21)26(32)33/h3-13H,2,15H2,1H3,(H,30,31)(H,32,33)/b19-10-. The number of nitrogens with zero attached hydrogens (tertiary/aromatic N) is 1. The number of anilines is 1. The molecule has 0 radical (unpaired) electrons. The third-order valence-electron chi connectivity index (χ3n) is 4.67. The molecule has 3 rings (SSSR count). The van der Waals surface area contributed by atoms with Crippen LogP contribution in [-0.2, 0) is 11.4 Å². The van der Waals surface area contributed by atoms with Crippen molar-refractivity contribution in [3.8, 4) is 17.6 Å². The Hall–Kier alpha value is -3.80. The van der Waals surface area contributed by atoms with Gasteiger partial charge in [0, 0.05) is 10.2 Å². The predicted octanol–water partition coefficient (Wildman–Crippen LogP) is 6.32. The fourth-order valence-electron chi connectivity index (χ4n) is 3.05. The minimum absolute atomic E-state index is 0.0113. The molecule has 9 heteroatoms. The molecule has 2 N–H and O–H groups in total. The lowest BCUT2D eigenvalue weighted by Gasteiger charge is -2.15. The number of ether oxygens (including phenoxy) is 2. The van der Waals surface area contributed by atoms with Crippen LogP contribution in [0.1, 0.15) is 28.4 Å². The molecule has 0 bridgehead atoms. The summed E-state index contributed by atoms with van der Waals surface area (Å²) in [4.78, 5) is 23.8. The van der Waals surface area contributed by atoms with E-state index in [1.807, 2.05) is 37.3 Å². The average molecular weight is 556 g/mol. The van der Waals surface area contributed by atoms with Crippen LogP contribution in [0.4, 0.5) is 5.69 Å². The van der Waals surface area contributed by atoms with Crippen molar-refractivity contribution in [2.45, 2.75) is 13.5 Å². The number of carboxylic acid groups (broad SMARTS) is 1. The molecule has 3 aromatic rings. The molecule has 0 aliphatic heterocycles. The zero-order valence-electron chi connectivity index (χ0n) is 18.5. The third kappa shape index (κ3) is 7.09. The van der Waals surface area contributed by atoms with Gasteiger partial charge in [-0.25, -0.2) is 4.79 Å². The maximum Gasteiger partial charge on any atom is 0.335 e. The van der Waals surface area contributed by atoms with Gasteiger partial charge in [-0.15, -0.1) is 0 Å². The molecule has 0 heterocycles. The quantitative estimate of drug-likeness (QED) is 0.236. The van der Waals surface area contributed by atoms with Gasteiger partial charge in [0.2, 0.25) is 0 Å². The molecule has 178 valence electrons. The van der Waals surface area contributed by atoms with E-state index < -0.39 is 11.9 Å². The Labute approximate surface area is 215 Å². The Kier molecular flexibility index (Phi) is 8.90. The van der Waals surface area contributed by atoms with Crippen LogP contribution in [-0.4, -0.2) is 23.6 Å². The molecule has 0 saturated carbocycles. The highest BCUT2D eigenvalue weighted by Crippen LogP contribution is 2.38. The minimum Gasteiger partial charge on any atom is -0.490 e. The predicted molar refractivity (Wildman–Crippen MR) is 137 cm³/mol. The summed E-state index contributed by atoms with van der Waals surface area (Å²) in [6.07, 6.45) is 1.36. The summed E-state index contributed by atoms with van der Waals surface area (Å²) in [6.45, 7) is 2.43. The van der Waals surface area contributed by atoms with E-state index in [0.29, 0.717) is 23.7 Å². The number of carboxylic acids is 1. The highest BCUT2D eigenvalue weighted by Gasteiger charge is 2.15. The van der Waals surface area contributed by atoms with Gasteiger partial charge in [0.05, 0.1) is 17.2 Å². The molecular formula is C26H20BrClN2O5. The van der Waals surface area contributed by atoms with Gasteiger partial charge in [0.15, 0.2) is 11.5 Å². The van der Waals surface area contributed by atoms with Crippen molar-refractivity contribution in [2.24, 2.45) is 0 Å². The van der Waals surface area contributed by atoms with Crippen molar-refractivity contribution in [1.82, 2.24) is 0 Å². The summed E-state index contributed by atoms with van der Waals surface area (Å²) in [5.74, 6) is -1.10. The second kappa shape index (κ2) is 12.1. The molecule has 35 heavy (non-hydrogen) atoms. The lowest BCUT2D eigenvalue weighted by Crippen LogP contribution is -2.14. The second-order valence-corrected chi connectivity index (χ2v) is 8.51. The lowest BCUT2D eigenvalue weighted by molar-refractivity contribution is -0.112. The largest absolute Gasteiger partial charge is 0.490 e. The maximum atomic E-state index is 12.6. The van der Waals surface area contributed by atoms with Crippen LogP contribution >= 0.6 is 27.5 Å². The van der Waals surface area contributed by atoms with E-state index in [0.717, 1.165) is 10.0 Å². The summed E-state index contributed by atoms with van der Waals surface area (Å²) >= 11 is 9.86. The number of carbonyl (C=O) groups excluding carboxylic acids is 1. The molecule has 0 atom stereocenters. The number of nitriles is 1. The van der Waals surface area contributed by atoms with Gasteiger partial charge in [-0.1, -0.05) is 45.7 Å². The highest BCUT2D eigenvalue weighted by atomic mass is 79.9. The van der Waals surface area contributed by atoms with Crippen molar-refractivity contribution in [1.29, 1.82) is 5.26 Å². The normalized spacial score (nSPS) is 10.9. The van der Waals surface area contributed by atoms with Gasteiger partial charge >= 0.3 is 5.97 Å². The first-order valence-corrected chi connectivity index (χ1v) is 11.6. The Bertz CT molecular complexity index is 1320. The Morgan fingerprint density at radius 1 is 1.14 bits per heavy atom.